The Morgan fingerprint density at radius 1 is 1.24 bits per heavy atom. The monoisotopic (exact) mass is 280 g/mol. The molecule has 4 heteroatoms. The van der Waals surface area contributed by atoms with E-state index in [4.69, 9.17) is 4.74 Å². The van der Waals surface area contributed by atoms with Gasteiger partial charge in [0.2, 0.25) is 0 Å². The molecule has 0 saturated heterocycles. The lowest BCUT2D eigenvalue weighted by atomic mass is 10.1. The molecule has 0 saturated carbocycles. The number of aryl methyl sites for hydroxylation is 1. The molecule has 21 heavy (non-hydrogen) atoms. The molecule has 0 bridgehead atoms. The summed E-state index contributed by atoms with van der Waals surface area (Å²) in [7, 11) is 1.58. The van der Waals surface area contributed by atoms with Gasteiger partial charge in [-0.1, -0.05) is 18.2 Å². The van der Waals surface area contributed by atoms with Crippen molar-refractivity contribution in [1.82, 2.24) is 9.55 Å². The number of para-hydroxylation sites is 2. The molecule has 0 atom stereocenters. The van der Waals surface area contributed by atoms with Gasteiger partial charge in [-0.25, -0.2) is 4.98 Å². The summed E-state index contributed by atoms with van der Waals surface area (Å²) in [5.41, 5.74) is 3.51. The first-order valence-electron chi connectivity index (χ1n) is 6.77. The average molecular weight is 280 g/mol. The van der Waals surface area contributed by atoms with E-state index in [-0.39, 0.29) is 12.3 Å². The van der Waals surface area contributed by atoms with Gasteiger partial charge in [0.1, 0.15) is 5.75 Å². The zero-order valence-corrected chi connectivity index (χ0v) is 12.0. The Labute approximate surface area is 123 Å². The number of ether oxygens (including phenoxy) is 1. The van der Waals surface area contributed by atoms with Crippen LogP contribution in [-0.4, -0.2) is 22.4 Å². The molecular formula is C17H16N2O2. The maximum absolute atomic E-state index is 12.5. The molecule has 0 aliphatic carbocycles. The van der Waals surface area contributed by atoms with E-state index in [2.05, 4.69) is 4.98 Å². The predicted octanol–water partition coefficient (Wildman–Crippen LogP) is 3.24. The second kappa shape index (κ2) is 5.40. The Bertz CT molecular complexity index is 805. The van der Waals surface area contributed by atoms with Gasteiger partial charge in [-0.05, 0) is 36.8 Å². The number of hydrogen-bond donors (Lipinski definition) is 0. The zero-order chi connectivity index (χ0) is 14.8. The molecule has 106 valence electrons. The fourth-order valence-electron chi connectivity index (χ4n) is 2.40. The van der Waals surface area contributed by atoms with Crippen molar-refractivity contribution in [2.45, 2.75) is 13.5 Å². The predicted molar refractivity (Wildman–Crippen MR) is 81.8 cm³/mol. The van der Waals surface area contributed by atoms with Crippen molar-refractivity contribution in [3.05, 3.63) is 59.9 Å². The minimum Gasteiger partial charge on any atom is -0.496 e. The van der Waals surface area contributed by atoms with E-state index >= 15 is 0 Å². The highest BCUT2D eigenvalue weighted by Crippen LogP contribution is 2.21. The smallest absolute Gasteiger partial charge is 0.186 e. The summed E-state index contributed by atoms with van der Waals surface area (Å²) in [6.45, 7) is 2.22. The number of methoxy groups -OCH3 is 1. The number of hydrogen-bond acceptors (Lipinski definition) is 3. The third kappa shape index (κ3) is 2.52. The Kier molecular flexibility index (Phi) is 3.44. The van der Waals surface area contributed by atoms with Crippen molar-refractivity contribution < 1.29 is 9.53 Å². The number of aromatic nitrogens is 2. The van der Waals surface area contributed by atoms with E-state index in [9.17, 15) is 4.79 Å². The highest BCUT2D eigenvalue weighted by molar-refractivity contribution is 5.99. The van der Waals surface area contributed by atoms with Crippen LogP contribution in [0.2, 0.25) is 0 Å². The lowest BCUT2D eigenvalue weighted by molar-refractivity contribution is 0.0970. The number of imidazole rings is 1. The molecule has 2 aromatic carbocycles. The first-order chi connectivity index (χ1) is 10.2. The normalized spacial score (nSPS) is 10.8. The molecule has 0 spiro atoms. The number of nitrogens with zero attached hydrogens (tertiary/aromatic N) is 2. The largest absolute Gasteiger partial charge is 0.496 e. The van der Waals surface area contributed by atoms with Gasteiger partial charge in [-0.15, -0.1) is 0 Å². The standard InChI is InChI=1S/C17H16N2O2/c1-12-7-8-13(17(9-12)21-2)16(20)10-19-11-18-14-5-3-4-6-15(14)19/h3-9,11H,10H2,1-2H3. The molecule has 0 amide bonds. The SMILES string of the molecule is COc1cc(C)ccc1C(=O)Cn1cnc2ccccc21. The summed E-state index contributed by atoms with van der Waals surface area (Å²) in [5, 5.41) is 0. The number of benzene rings is 2. The Morgan fingerprint density at radius 2 is 2.05 bits per heavy atom. The van der Waals surface area contributed by atoms with E-state index in [1.54, 1.807) is 13.4 Å². The van der Waals surface area contributed by atoms with Gasteiger partial charge in [0.25, 0.3) is 0 Å². The van der Waals surface area contributed by atoms with Crippen LogP contribution in [0.25, 0.3) is 11.0 Å². The zero-order valence-electron chi connectivity index (χ0n) is 12.0. The summed E-state index contributed by atoms with van der Waals surface area (Å²) in [6.07, 6.45) is 1.70. The number of rotatable bonds is 4. The lowest BCUT2D eigenvalue weighted by Crippen LogP contribution is -2.11. The molecular weight excluding hydrogens is 264 g/mol. The van der Waals surface area contributed by atoms with Crippen LogP contribution in [0.4, 0.5) is 0 Å². The van der Waals surface area contributed by atoms with Gasteiger partial charge in [-0.3, -0.25) is 4.79 Å². The number of carbonyl (C=O) groups is 1. The summed E-state index contributed by atoms with van der Waals surface area (Å²) in [5.74, 6) is 0.624. The van der Waals surface area contributed by atoms with E-state index in [1.165, 1.54) is 0 Å². The van der Waals surface area contributed by atoms with Gasteiger partial charge >= 0.3 is 0 Å². The molecule has 0 aliphatic heterocycles. The van der Waals surface area contributed by atoms with Crippen LogP contribution in [0.5, 0.6) is 5.75 Å². The fourth-order valence-corrected chi connectivity index (χ4v) is 2.40. The Hall–Kier alpha value is -2.62. The summed E-state index contributed by atoms with van der Waals surface area (Å²) in [6, 6.07) is 13.4. The number of Topliss-reactive ketones (excluding diaryl/α,β-unsaturated/α-hetero) is 1. The quantitative estimate of drug-likeness (QED) is 0.689. The molecule has 0 radical (unpaired) electrons. The summed E-state index contributed by atoms with van der Waals surface area (Å²) < 4.78 is 7.17. The summed E-state index contributed by atoms with van der Waals surface area (Å²) in [4.78, 5) is 16.8. The molecule has 3 rings (SSSR count). The van der Waals surface area contributed by atoms with E-state index in [0.717, 1.165) is 16.6 Å². The van der Waals surface area contributed by atoms with Crippen LogP contribution in [0.1, 0.15) is 15.9 Å². The third-order valence-corrected chi connectivity index (χ3v) is 3.50. The van der Waals surface area contributed by atoms with Crippen molar-refractivity contribution in [2.75, 3.05) is 7.11 Å². The highest BCUT2D eigenvalue weighted by Gasteiger charge is 2.14. The van der Waals surface area contributed by atoms with E-state index in [0.29, 0.717) is 11.3 Å². The molecule has 4 nitrogen and oxygen atoms in total. The number of carbonyl (C=O) groups excluding carboxylic acids is 1. The van der Waals surface area contributed by atoms with Gasteiger partial charge < -0.3 is 9.30 Å². The first kappa shape index (κ1) is 13.4. The second-order valence-corrected chi connectivity index (χ2v) is 4.99. The molecule has 0 N–H and O–H groups in total. The Balaban J connectivity index is 1.93. The minimum absolute atomic E-state index is 0.00926. The summed E-state index contributed by atoms with van der Waals surface area (Å²) >= 11 is 0. The maximum Gasteiger partial charge on any atom is 0.186 e. The Morgan fingerprint density at radius 3 is 2.86 bits per heavy atom. The van der Waals surface area contributed by atoms with Crippen molar-refractivity contribution in [3.8, 4) is 5.75 Å². The highest BCUT2D eigenvalue weighted by atomic mass is 16.5. The van der Waals surface area contributed by atoms with Crippen LogP contribution >= 0.6 is 0 Å². The molecule has 0 fully saturated rings. The van der Waals surface area contributed by atoms with Crippen molar-refractivity contribution in [1.29, 1.82) is 0 Å². The first-order valence-corrected chi connectivity index (χ1v) is 6.77. The van der Waals surface area contributed by atoms with Crippen LogP contribution in [0.3, 0.4) is 0 Å². The molecule has 3 aromatic rings. The molecule has 1 heterocycles. The van der Waals surface area contributed by atoms with Crippen molar-refractivity contribution >= 4 is 16.8 Å². The number of ketones is 1. The van der Waals surface area contributed by atoms with Gasteiger partial charge in [0.05, 0.1) is 36.6 Å². The topological polar surface area (TPSA) is 44.1 Å². The van der Waals surface area contributed by atoms with Crippen LogP contribution < -0.4 is 4.74 Å². The minimum atomic E-state index is 0.00926. The van der Waals surface area contributed by atoms with Gasteiger partial charge in [0, 0.05) is 0 Å². The lowest BCUT2D eigenvalue weighted by Gasteiger charge is -2.09. The number of fused-ring (bicyclic) bond motifs is 1. The average Bonchev–Trinajstić information content (AvgIpc) is 2.90. The second-order valence-electron chi connectivity index (χ2n) is 4.99. The molecule has 0 unspecified atom stereocenters. The van der Waals surface area contributed by atoms with Crippen molar-refractivity contribution in [2.24, 2.45) is 0 Å². The van der Waals surface area contributed by atoms with Crippen molar-refractivity contribution in [3.63, 3.8) is 0 Å². The van der Waals surface area contributed by atoms with Crippen LogP contribution in [-0.2, 0) is 6.54 Å². The maximum atomic E-state index is 12.5. The molecule has 1 aromatic heterocycles. The van der Waals surface area contributed by atoms with E-state index < -0.39 is 0 Å². The van der Waals surface area contributed by atoms with Crippen LogP contribution in [0.15, 0.2) is 48.8 Å². The van der Waals surface area contributed by atoms with Gasteiger partial charge in [0.15, 0.2) is 5.78 Å². The third-order valence-electron chi connectivity index (χ3n) is 3.50. The molecule has 0 aliphatic rings. The fraction of sp³-hybridized carbons (Fsp3) is 0.176. The van der Waals surface area contributed by atoms with Gasteiger partial charge in [-0.2, -0.15) is 0 Å². The van der Waals surface area contributed by atoms with Crippen LogP contribution in [0, 0.1) is 6.92 Å². The van der Waals surface area contributed by atoms with E-state index in [1.807, 2.05) is 54.0 Å².